The second-order valence-corrected chi connectivity index (χ2v) is 4.01. The molecule has 70 valence electrons. The summed E-state index contributed by atoms with van der Waals surface area (Å²) in [7, 11) is 0. The van der Waals surface area contributed by atoms with Crippen molar-refractivity contribution >= 4 is 12.6 Å². The van der Waals surface area contributed by atoms with E-state index < -0.39 is 0 Å². The number of thiol groups is 1. The van der Waals surface area contributed by atoms with Crippen molar-refractivity contribution in [2.75, 3.05) is 6.79 Å². The standard InChI is InChI=1S/C10H12O2S/c1-6-3-9-10(12-5-11-9)4-8(6)7(2)13/h3-4,7,13H,5H2,1-2H3. The molecule has 2 rings (SSSR count). The molecule has 0 aromatic heterocycles. The first-order valence-corrected chi connectivity index (χ1v) is 4.78. The van der Waals surface area contributed by atoms with E-state index in [1.807, 2.05) is 19.1 Å². The van der Waals surface area contributed by atoms with Gasteiger partial charge in [0.2, 0.25) is 6.79 Å². The van der Waals surface area contributed by atoms with Crippen LogP contribution in [0.4, 0.5) is 0 Å². The lowest BCUT2D eigenvalue weighted by molar-refractivity contribution is 0.174. The highest BCUT2D eigenvalue weighted by Gasteiger charge is 2.16. The molecular weight excluding hydrogens is 184 g/mol. The van der Waals surface area contributed by atoms with Crippen LogP contribution in [0.15, 0.2) is 12.1 Å². The second kappa shape index (κ2) is 3.14. The largest absolute Gasteiger partial charge is 0.454 e. The summed E-state index contributed by atoms with van der Waals surface area (Å²) in [5.74, 6) is 1.68. The van der Waals surface area contributed by atoms with Crippen LogP contribution in [0.2, 0.25) is 0 Å². The van der Waals surface area contributed by atoms with Crippen molar-refractivity contribution in [2.24, 2.45) is 0 Å². The summed E-state index contributed by atoms with van der Waals surface area (Å²) in [6.07, 6.45) is 0. The van der Waals surface area contributed by atoms with Crippen molar-refractivity contribution < 1.29 is 9.47 Å². The summed E-state index contributed by atoms with van der Waals surface area (Å²) < 4.78 is 10.6. The van der Waals surface area contributed by atoms with Crippen molar-refractivity contribution in [3.8, 4) is 11.5 Å². The molecule has 3 heteroatoms. The zero-order valence-corrected chi connectivity index (χ0v) is 8.60. The van der Waals surface area contributed by atoms with E-state index in [0.717, 1.165) is 11.5 Å². The summed E-state index contributed by atoms with van der Waals surface area (Å²) in [6, 6.07) is 4.01. The van der Waals surface area contributed by atoms with Crippen molar-refractivity contribution in [3.05, 3.63) is 23.3 Å². The molecule has 1 aliphatic heterocycles. The first-order chi connectivity index (χ1) is 6.18. The normalized spacial score (nSPS) is 15.9. The molecule has 0 bridgehead atoms. The molecule has 1 atom stereocenters. The minimum Gasteiger partial charge on any atom is -0.454 e. The Balaban J connectivity index is 2.49. The number of benzene rings is 1. The maximum Gasteiger partial charge on any atom is 0.231 e. The van der Waals surface area contributed by atoms with Gasteiger partial charge in [-0.2, -0.15) is 12.6 Å². The molecule has 0 fully saturated rings. The Morgan fingerprint density at radius 3 is 2.54 bits per heavy atom. The van der Waals surface area contributed by atoms with Gasteiger partial charge >= 0.3 is 0 Å². The number of fused-ring (bicyclic) bond motifs is 1. The summed E-state index contributed by atoms with van der Waals surface area (Å²) >= 11 is 4.40. The first kappa shape index (κ1) is 8.75. The SMILES string of the molecule is Cc1cc2c(cc1C(C)S)OCO2. The van der Waals surface area contributed by atoms with Gasteiger partial charge in [0.1, 0.15) is 0 Å². The molecule has 0 saturated carbocycles. The van der Waals surface area contributed by atoms with Crippen LogP contribution in [0.3, 0.4) is 0 Å². The van der Waals surface area contributed by atoms with Crippen LogP contribution in [0.5, 0.6) is 11.5 Å². The highest BCUT2D eigenvalue weighted by Crippen LogP contribution is 2.37. The average molecular weight is 196 g/mol. The van der Waals surface area contributed by atoms with Gasteiger partial charge in [-0.05, 0) is 37.1 Å². The zero-order chi connectivity index (χ0) is 9.42. The van der Waals surface area contributed by atoms with E-state index in [1.165, 1.54) is 11.1 Å². The predicted molar refractivity (Wildman–Crippen MR) is 54.7 cm³/mol. The van der Waals surface area contributed by atoms with Crippen LogP contribution in [0, 0.1) is 6.92 Å². The highest BCUT2D eigenvalue weighted by atomic mass is 32.1. The predicted octanol–water partition coefficient (Wildman–Crippen LogP) is 2.71. The van der Waals surface area contributed by atoms with Crippen molar-refractivity contribution in [1.82, 2.24) is 0 Å². The Bertz CT molecular complexity index is 334. The smallest absolute Gasteiger partial charge is 0.231 e. The molecule has 0 saturated heterocycles. The molecule has 13 heavy (non-hydrogen) atoms. The number of aryl methyl sites for hydroxylation is 1. The van der Waals surface area contributed by atoms with Crippen molar-refractivity contribution in [3.63, 3.8) is 0 Å². The topological polar surface area (TPSA) is 18.5 Å². The maximum absolute atomic E-state index is 5.29. The zero-order valence-electron chi connectivity index (χ0n) is 7.70. The molecule has 0 N–H and O–H groups in total. The number of hydrogen-bond donors (Lipinski definition) is 1. The van der Waals surface area contributed by atoms with Crippen LogP contribution in [0.25, 0.3) is 0 Å². The monoisotopic (exact) mass is 196 g/mol. The Morgan fingerprint density at radius 2 is 1.92 bits per heavy atom. The summed E-state index contributed by atoms with van der Waals surface area (Å²) in [5, 5.41) is 0.231. The quantitative estimate of drug-likeness (QED) is 0.696. The molecule has 0 aliphatic carbocycles. The lowest BCUT2D eigenvalue weighted by Gasteiger charge is -2.09. The van der Waals surface area contributed by atoms with E-state index in [9.17, 15) is 0 Å². The van der Waals surface area contributed by atoms with Gasteiger partial charge in [0.25, 0.3) is 0 Å². The fourth-order valence-corrected chi connectivity index (χ4v) is 1.79. The Morgan fingerprint density at radius 1 is 1.31 bits per heavy atom. The molecule has 1 unspecified atom stereocenters. The minimum absolute atomic E-state index is 0.231. The third-order valence-corrected chi connectivity index (χ3v) is 2.49. The fourth-order valence-electron chi connectivity index (χ4n) is 1.51. The summed E-state index contributed by atoms with van der Waals surface area (Å²) in [4.78, 5) is 0. The third-order valence-electron chi connectivity index (χ3n) is 2.21. The van der Waals surface area contributed by atoms with Crippen LogP contribution in [-0.2, 0) is 0 Å². The average Bonchev–Trinajstić information content (AvgIpc) is 2.48. The lowest BCUT2D eigenvalue weighted by Crippen LogP contribution is -1.92. The highest BCUT2D eigenvalue weighted by molar-refractivity contribution is 7.80. The fraction of sp³-hybridized carbons (Fsp3) is 0.400. The Kier molecular flexibility index (Phi) is 2.12. The van der Waals surface area contributed by atoms with E-state index in [0.29, 0.717) is 6.79 Å². The van der Waals surface area contributed by atoms with E-state index in [4.69, 9.17) is 9.47 Å². The van der Waals surface area contributed by atoms with Gasteiger partial charge in [-0.1, -0.05) is 0 Å². The summed E-state index contributed by atoms with van der Waals surface area (Å²) in [6.45, 7) is 4.44. The van der Waals surface area contributed by atoms with Crippen LogP contribution in [-0.4, -0.2) is 6.79 Å². The van der Waals surface area contributed by atoms with Crippen LogP contribution < -0.4 is 9.47 Å². The van der Waals surface area contributed by atoms with E-state index >= 15 is 0 Å². The molecule has 0 radical (unpaired) electrons. The van der Waals surface area contributed by atoms with Gasteiger partial charge in [0.05, 0.1) is 0 Å². The lowest BCUT2D eigenvalue weighted by atomic mass is 10.1. The van der Waals surface area contributed by atoms with Gasteiger partial charge < -0.3 is 9.47 Å². The van der Waals surface area contributed by atoms with Crippen LogP contribution in [0.1, 0.15) is 23.3 Å². The minimum atomic E-state index is 0.231. The van der Waals surface area contributed by atoms with Crippen LogP contribution >= 0.6 is 12.6 Å². The number of ether oxygens (including phenoxy) is 2. The molecular formula is C10H12O2S. The second-order valence-electron chi connectivity index (χ2n) is 3.24. The Labute approximate surface area is 83.3 Å². The van der Waals surface area contributed by atoms with E-state index in [1.54, 1.807) is 0 Å². The molecule has 0 spiro atoms. The van der Waals surface area contributed by atoms with Gasteiger partial charge in [-0.15, -0.1) is 0 Å². The number of rotatable bonds is 1. The molecule has 2 nitrogen and oxygen atoms in total. The van der Waals surface area contributed by atoms with E-state index in [2.05, 4.69) is 19.6 Å². The van der Waals surface area contributed by atoms with Gasteiger partial charge in [-0.25, -0.2) is 0 Å². The molecule has 1 aliphatic rings. The summed E-state index contributed by atoms with van der Waals surface area (Å²) in [5.41, 5.74) is 2.40. The first-order valence-electron chi connectivity index (χ1n) is 4.26. The van der Waals surface area contributed by atoms with Gasteiger partial charge in [0.15, 0.2) is 11.5 Å². The molecule has 1 heterocycles. The maximum atomic E-state index is 5.29. The molecule has 1 aromatic carbocycles. The van der Waals surface area contributed by atoms with Crippen molar-refractivity contribution in [2.45, 2.75) is 19.1 Å². The molecule has 1 aromatic rings. The van der Waals surface area contributed by atoms with Gasteiger partial charge in [0, 0.05) is 5.25 Å². The van der Waals surface area contributed by atoms with E-state index in [-0.39, 0.29) is 5.25 Å². The number of hydrogen-bond acceptors (Lipinski definition) is 3. The van der Waals surface area contributed by atoms with Crippen molar-refractivity contribution in [1.29, 1.82) is 0 Å². The third kappa shape index (κ3) is 1.48. The Hall–Kier alpha value is -0.830. The molecule has 0 amide bonds. The van der Waals surface area contributed by atoms with Gasteiger partial charge in [-0.3, -0.25) is 0 Å².